The fraction of sp³-hybridized carbons (Fsp3) is 0.458. The molecule has 0 spiro atoms. The average molecular weight is 454 g/mol. The number of fused-ring (bicyclic) bond motifs is 5. The van der Waals surface area contributed by atoms with Crippen molar-refractivity contribution in [2.75, 3.05) is 26.7 Å². The van der Waals surface area contributed by atoms with Gasteiger partial charge < -0.3 is 24.3 Å². The molecule has 5 rings (SSSR count). The Morgan fingerprint density at radius 1 is 1.30 bits per heavy atom. The fourth-order valence-corrected chi connectivity index (χ4v) is 4.85. The van der Waals surface area contributed by atoms with Crippen LogP contribution in [0.1, 0.15) is 19.2 Å². The normalized spacial score (nSPS) is 23.3. The molecule has 1 N–H and O–H groups in total. The van der Waals surface area contributed by atoms with Crippen molar-refractivity contribution in [3.63, 3.8) is 0 Å². The minimum atomic E-state index is -0.353. The lowest BCUT2D eigenvalue weighted by Crippen LogP contribution is -2.45. The number of rotatable bonds is 2. The number of carbonyl (C=O) groups is 1. The first-order chi connectivity index (χ1) is 15.9. The minimum absolute atomic E-state index is 0.0114. The van der Waals surface area contributed by atoms with Gasteiger partial charge in [0.05, 0.1) is 29.7 Å². The highest BCUT2D eigenvalue weighted by Crippen LogP contribution is 2.33. The number of halogens is 1. The lowest BCUT2D eigenvalue weighted by Gasteiger charge is -2.27. The molecule has 4 bridgehead atoms. The van der Waals surface area contributed by atoms with Crippen molar-refractivity contribution in [3.8, 4) is 17.0 Å². The topological polar surface area (TPSA) is 81.5 Å². The zero-order chi connectivity index (χ0) is 23.1. The van der Waals surface area contributed by atoms with Gasteiger partial charge in [-0.2, -0.15) is 0 Å². The van der Waals surface area contributed by atoms with E-state index in [0.29, 0.717) is 44.1 Å². The van der Waals surface area contributed by atoms with Crippen molar-refractivity contribution < 1.29 is 18.7 Å². The zero-order valence-corrected chi connectivity index (χ0v) is 19.0. The molecule has 1 aromatic carbocycles. The highest BCUT2D eigenvalue weighted by atomic mass is 19.1. The second-order valence-corrected chi connectivity index (χ2v) is 8.71. The van der Waals surface area contributed by atoms with Crippen LogP contribution < -0.4 is 10.1 Å². The number of hydrogen-bond acceptors (Lipinski definition) is 6. The minimum Gasteiger partial charge on any atom is -0.473 e. The highest BCUT2D eigenvalue weighted by Gasteiger charge is 2.34. The largest absolute Gasteiger partial charge is 0.473 e. The summed E-state index contributed by atoms with van der Waals surface area (Å²) in [6, 6.07) is 6.32. The molecule has 4 heterocycles. The van der Waals surface area contributed by atoms with Crippen LogP contribution in [0.4, 0.5) is 4.39 Å². The van der Waals surface area contributed by atoms with Gasteiger partial charge in [-0.3, -0.25) is 4.79 Å². The number of benzene rings is 1. The van der Waals surface area contributed by atoms with Crippen LogP contribution in [0.15, 0.2) is 30.5 Å². The van der Waals surface area contributed by atoms with E-state index in [9.17, 15) is 9.18 Å². The fourth-order valence-electron chi connectivity index (χ4n) is 4.85. The van der Waals surface area contributed by atoms with Crippen molar-refractivity contribution in [3.05, 3.63) is 42.1 Å². The van der Waals surface area contributed by atoms with E-state index in [1.54, 1.807) is 18.1 Å². The van der Waals surface area contributed by atoms with Gasteiger partial charge in [-0.15, -0.1) is 0 Å². The molecular weight excluding hydrogens is 425 g/mol. The third-order valence-electron chi connectivity index (χ3n) is 6.36. The number of carbonyl (C=O) groups excluding carboxylic acids is 1. The van der Waals surface area contributed by atoms with Gasteiger partial charge in [0.2, 0.25) is 11.8 Å². The van der Waals surface area contributed by atoms with Crippen LogP contribution in [-0.2, 0) is 16.1 Å². The Bertz CT molecular complexity index is 1200. The van der Waals surface area contributed by atoms with Gasteiger partial charge in [-0.1, -0.05) is 0 Å². The van der Waals surface area contributed by atoms with E-state index in [1.807, 2.05) is 30.5 Å². The maximum atomic E-state index is 14.6. The number of imidazole rings is 1. The predicted octanol–water partition coefficient (Wildman–Crippen LogP) is 2.53. The first kappa shape index (κ1) is 21.8. The summed E-state index contributed by atoms with van der Waals surface area (Å²) >= 11 is 0. The Kier molecular flexibility index (Phi) is 5.76. The van der Waals surface area contributed by atoms with E-state index in [4.69, 9.17) is 9.47 Å². The standard InChI is InChI=1S/C24H28FN5O3/c1-4-32-18-12-29(3)24(31)21-10-17(11-27-21)33-22-7-15(5-6-26-22)19-8-16(25)9-20-23(19)30(13-18)14(2)28-20/h5-9,17-18,21,27H,4,10-13H2,1-3H3. The summed E-state index contributed by atoms with van der Waals surface area (Å²) in [5.74, 6) is 0.861. The molecule has 2 aromatic heterocycles. The second kappa shape index (κ2) is 8.72. The van der Waals surface area contributed by atoms with Crippen molar-refractivity contribution >= 4 is 16.9 Å². The molecule has 33 heavy (non-hydrogen) atoms. The van der Waals surface area contributed by atoms with Gasteiger partial charge in [-0.05, 0) is 31.5 Å². The lowest BCUT2D eigenvalue weighted by molar-refractivity contribution is -0.133. The Balaban J connectivity index is 1.67. The van der Waals surface area contributed by atoms with Gasteiger partial charge in [0.1, 0.15) is 17.7 Å². The quantitative estimate of drug-likeness (QED) is 0.642. The number of hydrogen-bond donors (Lipinski definition) is 1. The molecule has 3 unspecified atom stereocenters. The van der Waals surface area contributed by atoms with Crippen LogP contribution >= 0.6 is 0 Å². The monoisotopic (exact) mass is 453 g/mol. The molecule has 174 valence electrons. The number of nitrogens with one attached hydrogen (secondary N) is 1. The molecule has 3 aromatic rings. The van der Waals surface area contributed by atoms with E-state index >= 15 is 0 Å². The molecule has 9 heteroatoms. The van der Waals surface area contributed by atoms with E-state index in [0.717, 1.165) is 22.5 Å². The highest BCUT2D eigenvalue weighted by molar-refractivity contribution is 5.93. The zero-order valence-electron chi connectivity index (χ0n) is 19.0. The third-order valence-corrected chi connectivity index (χ3v) is 6.36. The average Bonchev–Trinajstić information content (AvgIpc) is 3.36. The molecule has 2 aliphatic rings. The van der Waals surface area contributed by atoms with E-state index in [-0.39, 0.29) is 30.0 Å². The summed E-state index contributed by atoms with van der Waals surface area (Å²) in [5, 5.41) is 3.27. The Morgan fingerprint density at radius 2 is 2.15 bits per heavy atom. The Morgan fingerprint density at radius 3 is 2.97 bits per heavy atom. The molecule has 2 aliphatic heterocycles. The molecule has 0 saturated carbocycles. The summed E-state index contributed by atoms with van der Waals surface area (Å²) in [5.41, 5.74) is 2.91. The van der Waals surface area contributed by atoms with Crippen molar-refractivity contribution in [1.29, 1.82) is 0 Å². The van der Waals surface area contributed by atoms with E-state index in [2.05, 4.69) is 15.3 Å². The number of likely N-dealkylation sites (N-methyl/N-ethyl adjacent to an activating group) is 1. The number of ether oxygens (including phenoxy) is 2. The molecule has 0 aliphatic carbocycles. The van der Waals surface area contributed by atoms with Gasteiger partial charge in [0.15, 0.2) is 0 Å². The molecular formula is C24H28FN5O3. The Labute approximate surface area is 191 Å². The number of nitrogens with zero attached hydrogens (tertiary/aromatic N) is 4. The molecule has 0 radical (unpaired) electrons. The first-order valence-corrected chi connectivity index (χ1v) is 11.3. The number of pyridine rings is 1. The summed E-state index contributed by atoms with van der Waals surface area (Å²) in [7, 11) is 1.80. The number of aryl methyl sites for hydroxylation is 1. The van der Waals surface area contributed by atoms with Gasteiger partial charge >= 0.3 is 0 Å². The van der Waals surface area contributed by atoms with E-state index in [1.165, 1.54) is 12.1 Å². The van der Waals surface area contributed by atoms with Gasteiger partial charge in [-0.25, -0.2) is 14.4 Å². The van der Waals surface area contributed by atoms with Crippen LogP contribution in [0.2, 0.25) is 0 Å². The maximum Gasteiger partial charge on any atom is 0.239 e. The van der Waals surface area contributed by atoms with Crippen LogP contribution in [-0.4, -0.2) is 70.3 Å². The van der Waals surface area contributed by atoms with E-state index < -0.39 is 0 Å². The maximum absolute atomic E-state index is 14.6. The van der Waals surface area contributed by atoms with Crippen LogP contribution in [0.25, 0.3) is 22.2 Å². The molecule has 1 fully saturated rings. The molecule has 1 amide bonds. The van der Waals surface area contributed by atoms with Gasteiger partial charge in [0, 0.05) is 57.1 Å². The predicted molar refractivity (Wildman–Crippen MR) is 122 cm³/mol. The second-order valence-electron chi connectivity index (χ2n) is 8.71. The van der Waals surface area contributed by atoms with Crippen molar-refractivity contribution in [2.45, 2.75) is 45.1 Å². The van der Waals surface area contributed by atoms with Crippen LogP contribution in [0, 0.1) is 12.7 Å². The molecule has 1 saturated heterocycles. The lowest BCUT2D eigenvalue weighted by atomic mass is 10.0. The smallest absolute Gasteiger partial charge is 0.239 e. The number of aromatic nitrogens is 3. The van der Waals surface area contributed by atoms with Crippen LogP contribution in [0.5, 0.6) is 5.88 Å². The summed E-state index contributed by atoms with van der Waals surface area (Å²) in [4.78, 5) is 23.8. The summed E-state index contributed by atoms with van der Waals surface area (Å²) in [6.07, 6.45) is 1.80. The van der Waals surface area contributed by atoms with Gasteiger partial charge in [0.25, 0.3) is 0 Å². The summed E-state index contributed by atoms with van der Waals surface area (Å²) < 4.78 is 28.8. The Hall–Kier alpha value is -3.04. The SMILES string of the molecule is CCOC1CN(C)C(=O)C2CC(CN2)Oc2cc(ccn2)-c2cc(F)cc3nc(C)n(c23)C1. The van der Waals surface area contributed by atoms with Crippen molar-refractivity contribution in [2.24, 2.45) is 0 Å². The molecule has 8 nitrogen and oxygen atoms in total. The number of amides is 1. The third kappa shape index (κ3) is 4.18. The van der Waals surface area contributed by atoms with Crippen molar-refractivity contribution in [1.82, 2.24) is 24.8 Å². The first-order valence-electron chi connectivity index (χ1n) is 11.3. The van der Waals surface area contributed by atoms with Crippen LogP contribution in [0.3, 0.4) is 0 Å². The molecule has 3 atom stereocenters. The summed E-state index contributed by atoms with van der Waals surface area (Å²) in [6.45, 7) is 5.84.